The second kappa shape index (κ2) is 8.36. The predicted octanol–water partition coefficient (Wildman–Crippen LogP) is 1.31. The fourth-order valence-electron chi connectivity index (χ4n) is 3.67. The maximum atomic E-state index is 13.0. The molecule has 11 nitrogen and oxygen atoms in total. The van der Waals surface area contributed by atoms with E-state index in [0.29, 0.717) is 35.2 Å². The van der Waals surface area contributed by atoms with Gasteiger partial charge >= 0.3 is 0 Å². The van der Waals surface area contributed by atoms with Crippen LogP contribution in [0.15, 0.2) is 59.8 Å². The molecule has 33 heavy (non-hydrogen) atoms. The summed E-state index contributed by atoms with van der Waals surface area (Å²) >= 11 is 0. The van der Waals surface area contributed by atoms with Crippen molar-refractivity contribution >= 4 is 28.9 Å². The third kappa shape index (κ3) is 3.78. The standard InChI is InChI=1S/C22H22N8O3/c1-23-19-11-17(26-15-5-4-10-29(22(15)33)18-6-2-3-9-24-18)28-20-13(12-25-30(19)20)21(32)27-14-7-8-16(14)31/h2-6,9-12,14,16,23,31H,7-8H2,1H3,(H,26,28)(H,27,32)/t14-,16+/m0/s1. The van der Waals surface area contributed by atoms with Gasteiger partial charge in [-0.05, 0) is 37.1 Å². The number of hydrogen-bond donors (Lipinski definition) is 4. The van der Waals surface area contributed by atoms with Crippen molar-refractivity contribution in [1.82, 2.24) is 29.5 Å². The highest BCUT2D eigenvalue weighted by atomic mass is 16.3. The normalized spacial score (nSPS) is 17.4. The lowest BCUT2D eigenvalue weighted by Crippen LogP contribution is -2.50. The fraction of sp³-hybridized carbons (Fsp3) is 0.227. The molecule has 0 radical (unpaired) electrons. The number of aliphatic hydroxyl groups excluding tert-OH is 1. The lowest BCUT2D eigenvalue weighted by Gasteiger charge is -2.32. The monoisotopic (exact) mass is 446 g/mol. The fourth-order valence-corrected chi connectivity index (χ4v) is 3.67. The van der Waals surface area contributed by atoms with Crippen LogP contribution in [0.2, 0.25) is 0 Å². The van der Waals surface area contributed by atoms with Crippen LogP contribution >= 0.6 is 0 Å². The minimum absolute atomic E-state index is 0.271. The molecule has 0 unspecified atom stereocenters. The van der Waals surface area contributed by atoms with Crippen LogP contribution in [-0.2, 0) is 0 Å². The molecule has 1 amide bonds. The summed E-state index contributed by atoms with van der Waals surface area (Å²) in [5, 5.41) is 22.9. The summed E-state index contributed by atoms with van der Waals surface area (Å²) in [6, 6.07) is 10.1. The molecule has 11 heteroatoms. The van der Waals surface area contributed by atoms with Crippen LogP contribution in [0.3, 0.4) is 0 Å². The molecule has 2 atom stereocenters. The third-order valence-electron chi connectivity index (χ3n) is 5.63. The smallest absolute Gasteiger partial charge is 0.279 e. The Morgan fingerprint density at radius 2 is 2.09 bits per heavy atom. The van der Waals surface area contributed by atoms with Gasteiger partial charge in [-0.15, -0.1) is 0 Å². The predicted molar refractivity (Wildman–Crippen MR) is 122 cm³/mol. The van der Waals surface area contributed by atoms with E-state index in [1.54, 1.807) is 55.8 Å². The van der Waals surface area contributed by atoms with Crippen LogP contribution in [0.25, 0.3) is 11.5 Å². The Morgan fingerprint density at radius 3 is 2.79 bits per heavy atom. The molecular formula is C22H22N8O3. The van der Waals surface area contributed by atoms with E-state index in [2.05, 4.69) is 31.0 Å². The van der Waals surface area contributed by atoms with Gasteiger partial charge in [-0.3, -0.25) is 14.2 Å². The Hall–Kier alpha value is -4.25. The highest BCUT2D eigenvalue weighted by Gasteiger charge is 2.31. The van der Waals surface area contributed by atoms with E-state index in [1.165, 1.54) is 15.3 Å². The van der Waals surface area contributed by atoms with Crippen molar-refractivity contribution in [2.24, 2.45) is 0 Å². The van der Waals surface area contributed by atoms with Gasteiger partial charge in [-0.1, -0.05) is 6.07 Å². The molecule has 4 aromatic heterocycles. The van der Waals surface area contributed by atoms with Gasteiger partial charge in [-0.25, -0.2) is 9.97 Å². The number of carbonyl (C=O) groups excluding carboxylic acids is 1. The van der Waals surface area contributed by atoms with Crippen LogP contribution in [0.4, 0.5) is 17.3 Å². The number of anilines is 3. The number of fused-ring (bicyclic) bond motifs is 1. The van der Waals surface area contributed by atoms with Crippen LogP contribution in [0.5, 0.6) is 0 Å². The molecule has 0 bridgehead atoms. The van der Waals surface area contributed by atoms with Crippen LogP contribution in [0, 0.1) is 0 Å². The Balaban J connectivity index is 1.50. The maximum Gasteiger partial charge on any atom is 0.279 e. The Kier molecular flexibility index (Phi) is 5.23. The quantitative estimate of drug-likeness (QED) is 0.348. The molecule has 0 saturated heterocycles. The largest absolute Gasteiger partial charge is 0.391 e. The summed E-state index contributed by atoms with van der Waals surface area (Å²) in [6.07, 6.45) is 5.55. The zero-order valence-electron chi connectivity index (χ0n) is 17.8. The van der Waals surface area contributed by atoms with E-state index in [-0.39, 0.29) is 23.1 Å². The van der Waals surface area contributed by atoms with Crippen LogP contribution < -0.4 is 21.5 Å². The highest BCUT2D eigenvalue weighted by Crippen LogP contribution is 2.23. The SMILES string of the molecule is CNc1cc(Nc2cccn(-c3ccccn3)c2=O)nc2c(C(=O)N[C@H]3CC[C@H]3O)cnn12. The number of carbonyl (C=O) groups is 1. The van der Waals surface area contributed by atoms with Gasteiger partial charge in [0.1, 0.15) is 28.7 Å². The highest BCUT2D eigenvalue weighted by molar-refractivity contribution is 6.00. The molecule has 1 aliphatic rings. The van der Waals surface area contributed by atoms with Crippen molar-refractivity contribution in [2.45, 2.75) is 25.0 Å². The van der Waals surface area contributed by atoms with E-state index in [9.17, 15) is 14.7 Å². The summed E-state index contributed by atoms with van der Waals surface area (Å²) in [5.74, 6) is 1.07. The zero-order chi connectivity index (χ0) is 22.9. The number of rotatable bonds is 6. The molecule has 0 aliphatic heterocycles. The van der Waals surface area contributed by atoms with Crippen molar-refractivity contribution < 1.29 is 9.90 Å². The Morgan fingerprint density at radius 1 is 1.21 bits per heavy atom. The second-order valence-electron chi connectivity index (χ2n) is 7.70. The minimum Gasteiger partial charge on any atom is -0.391 e. The molecule has 5 rings (SSSR count). The number of amides is 1. The first-order valence-corrected chi connectivity index (χ1v) is 10.5. The summed E-state index contributed by atoms with van der Waals surface area (Å²) in [7, 11) is 1.72. The average Bonchev–Trinajstić information content (AvgIpc) is 3.27. The average molecular weight is 446 g/mol. The summed E-state index contributed by atoms with van der Waals surface area (Å²) in [5.41, 5.74) is 0.587. The lowest BCUT2D eigenvalue weighted by atomic mass is 9.89. The topological polar surface area (TPSA) is 138 Å². The Labute approximate surface area is 188 Å². The number of aliphatic hydroxyl groups is 1. The molecule has 1 aliphatic carbocycles. The molecule has 0 aromatic carbocycles. The number of aromatic nitrogens is 5. The van der Waals surface area contributed by atoms with Gasteiger partial charge in [0, 0.05) is 25.5 Å². The lowest BCUT2D eigenvalue weighted by molar-refractivity contribution is 0.0448. The summed E-state index contributed by atoms with van der Waals surface area (Å²) < 4.78 is 2.94. The molecule has 1 fully saturated rings. The third-order valence-corrected chi connectivity index (χ3v) is 5.63. The van der Waals surface area contributed by atoms with Gasteiger partial charge in [0.05, 0.1) is 18.3 Å². The maximum absolute atomic E-state index is 13.0. The van der Waals surface area contributed by atoms with Gasteiger partial charge in [0.2, 0.25) is 0 Å². The first-order valence-electron chi connectivity index (χ1n) is 10.5. The number of pyridine rings is 2. The first-order chi connectivity index (χ1) is 16.0. The number of nitrogens with zero attached hydrogens (tertiary/aromatic N) is 5. The first kappa shape index (κ1) is 20.6. The number of hydrogen-bond acceptors (Lipinski definition) is 8. The van der Waals surface area contributed by atoms with Crippen LogP contribution in [0.1, 0.15) is 23.2 Å². The van der Waals surface area contributed by atoms with E-state index < -0.39 is 6.10 Å². The van der Waals surface area contributed by atoms with Gasteiger partial charge in [-0.2, -0.15) is 9.61 Å². The van der Waals surface area contributed by atoms with Crippen LogP contribution in [-0.4, -0.2) is 54.4 Å². The van der Waals surface area contributed by atoms with E-state index in [0.717, 1.165) is 6.42 Å². The summed E-state index contributed by atoms with van der Waals surface area (Å²) in [6.45, 7) is 0. The molecule has 168 valence electrons. The van der Waals surface area contributed by atoms with Gasteiger partial charge < -0.3 is 21.1 Å². The van der Waals surface area contributed by atoms with E-state index >= 15 is 0 Å². The molecule has 4 aromatic rings. The van der Waals surface area contributed by atoms with Crippen molar-refractivity contribution in [3.8, 4) is 5.82 Å². The minimum atomic E-state index is -0.534. The van der Waals surface area contributed by atoms with E-state index in [1.807, 2.05) is 0 Å². The van der Waals surface area contributed by atoms with Crippen molar-refractivity contribution in [2.75, 3.05) is 17.7 Å². The van der Waals surface area contributed by atoms with Crippen molar-refractivity contribution in [3.05, 3.63) is 70.9 Å². The zero-order valence-corrected chi connectivity index (χ0v) is 17.8. The van der Waals surface area contributed by atoms with Crippen molar-refractivity contribution in [1.29, 1.82) is 0 Å². The molecule has 1 saturated carbocycles. The van der Waals surface area contributed by atoms with Gasteiger partial charge in [0.15, 0.2) is 5.65 Å². The van der Waals surface area contributed by atoms with Crippen molar-refractivity contribution in [3.63, 3.8) is 0 Å². The molecular weight excluding hydrogens is 424 g/mol. The molecule has 0 spiro atoms. The molecule has 4 heterocycles. The number of nitrogens with one attached hydrogen (secondary N) is 3. The summed E-state index contributed by atoms with van der Waals surface area (Å²) in [4.78, 5) is 34.6. The molecule has 4 N–H and O–H groups in total. The van der Waals surface area contributed by atoms with Gasteiger partial charge in [0.25, 0.3) is 11.5 Å². The second-order valence-corrected chi connectivity index (χ2v) is 7.70. The Bertz CT molecular complexity index is 1380. The van der Waals surface area contributed by atoms with E-state index in [4.69, 9.17) is 0 Å².